The standard InChI is InChI=1S/C16H17N3O/c1-12(18)8-15-6-7-16(10-19-15)20-11-14-4-2-13(9-17)3-5-14/h2-7,10,12H,8,11,18H2,1H3. The second-order valence-electron chi connectivity index (χ2n) is 4.76. The first-order valence-electron chi connectivity index (χ1n) is 6.49. The van der Waals surface area contributed by atoms with E-state index >= 15 is 0 Å². The Hall–Kier alpha value is -2.38. The summed E-state index contributed by atoms with van der Waals surface area (Å²) in [5, 5.41) is 8.73. The molecule has 0 spiro atoms. The second-order valence-corrected chi connectivity index (χ2v) is 4.76. The fourth-order valence-corrected chi connectivity index (χ4v) is 1.79. The van der Waals surface area contributed by atoms with E-state index in [4.69, 9.17) is 15.7 Å². The second kappa shape index (κ2) is 6.69. The van der Waals surface area contributed by atoms with Crippen LogP contribution in [-0.4, -0.2) is 11.0 Å². The van der Waals surface area contributed by atoms with Gasteiger partial charge in [0, 0.05) is 18.2 Å². The van der Waals surface area contributed by atoms with E-state index in [0.29, 0.717) is 12.2 Å². The van der Waals surface area contributed by atoms with Gasteiger partial charge in [-0.2, -0.15) is 5.26 Å². The molecule has 0 aliphatic heterocycles. The van der Waals surface area contributed by atoms with Crippen LogP contribution < -0.4 is 10.5 Å². The van der Waals surface area contributed by atoms with Gasteiger partial charge in [0.05, 0.1) is 17.8 Å². The number of nitriles is 1. The van der Waals surface area contributed by atoms with E-state index in [9.17, 15) is 0 Å². The van der Waals surface area contributed by atoms with E-state index in [1.54, 1.807) is 18.3 Å². The lowest BCUT2D eigenvalue weighted by Gasteiger charge is -2.08. The van der Waals surface area contributed by atoms with Crippen LogP contribution in [0, 0.1) is 11.3 Å². The van der Waals surface area contributed by atoms with E-state index in [1.165, 1.54) is 0 Å². The van der Waals surface area contributed by atoms with Crippen LogP contribution in [0.3, 0.4) is 0 Å². The molecular weight excluding hydrogens is 250 g/mol. The highest BCUT2D eigenvalue weighted by molar-refractivity contribution is 5.31. The average Bonchev–Trinajstić information content (AvgIpc) is 2.46. The van der Waals surface area contributed by atoms with Crippen LogP contribution >= 0.6 is 0 Å². The minimum absolute atomic E-state index is 0.105. The molecular formula is C16H17N3O. The SMILES string of the molecule is CC(N)Cc1ccc(OCc2ccc(C#N)cc2)cn1. The lowest BCUT2D eigenvalue weighted by Crippen LogP contribution is -2.18. The molecule has 0 saturated carbocycles. The molecule has 4 nitrogen and oxygen atoms in total. The molecule has 0 bridgehead atoms. The van der Waals surface area contributed by atoms with Gasteiger partial charge in [-0.1, -0.05) is 12.1 Å². The molecule has 4 heteroatoms. The number of rotatable bonds is 5. The first-order valence-corrected chi connectivity index (χ1v) is 6.49. The van der Waals surface area contributed by atoms with Crippen LogP contribution in [0.4, 0.5) is 0 Å². The van der Waals surface area contributed by atoms with E-state index < -0.39 is 0 Å². The molecule has 1 unspecified atom stereocenters. The fraction of sp³-hybridized carbons (Fsp3) is 0.250. The monoisotopic (exact) mass is 267 g/mol. The predicted molar refractivity (Wildman–Crippen MR) is 77.1 cm³/mol. The fourth-order valence-electron chi connectivity index (χ4n) is 1.79. The van der Waals surface area contributed by atoms with E-state index in [-0.39, 0.29) is 6.04 Å². The first kappa shape index (κ1) is 14.0. The largest absolute Gasteiger partial charge is 0.487 e. The normalized spacial score (nSPS) is 11.7. The lowest BCUT2D eigenvalue weighted by atomic mass is 10.1. The van der Waals surface area contributed by atoms with Crippen molar-refractivity contribution in [1.29, 1.82) is 5.26 Å². The first-order chi connectivity index (χ1) is 9.67. The molecule has 1 aromatic heterocycles. The molecule has 20 heavy (non-hydrogen) atoms. The summed E-state index contributed by atoms with van der Waals surface area (Å²) in [5.74, 6) is 0.725. The Bertz CT molecular complexity index is 583. The third-order valence-electron chi connectivity index (χ3n) is 2.82. The van der Waals surface area contributed by atoms with Crippen LogP contribution in [0.25, 0.3) is 0 Å². The van der Waals surface area contributed by atoms with Gasteiger partial charge in [-0.15, -0.1) is 0 Å². The van der Waals surface area contributed by atoms with Gasteiger partial charge in [0.1, 0.15) is 12.4 Å². The molecule has 1 aromatic carbocycles. The lowest BCUT2D eigenvalue weighted by molar-refractivity contribution is 0.305. The van der Waals surface area contributed by atoms with E-state index in [2.05, 4.69) is 11.1 Å². The van der Waals surface area contributed by atoms with Crippen molar-refractivity contribution in [2.75, 3.05) is 0 Å². The Balaban J connectivity index is 1.91. The molecule has 1 atom stereocenters. The highest BCUT2D eigenvalue weighted by atomic mass is 16.5. The van der Waals surface area contributed by atoms with Crippen molar-refractivity contribution in [1.82, 2.24) is 4.98 Å². The molecule has 102 valence electrons. The van der Waals surface area contributed by atoms with Gasteiger partial charge < -0.3 is 10.5 Å². The molecule has 0 aliphatic carbocycles. The zero-order chi connectivity index (χ0) is 14.4. The minimum atomic E-state index is 0.105. The van der Waals surface area contributed by atoms with Crippen molar-refractivity contribution >= 4 is 0 Å². The maximum Gasteiger partial charge on any atom is 0.138 e. The van der Waals surface area contributed by atoms with Crippen LogP contribution in [0.1, 0.15) is 23.7 Å². The molecule has 2 rings (SSSR count). The number of ether oxygens (including phenoxy) is 1. The Morgan fingerprint density at radius 2 is 2.00 bits per heavy atom. The number of nitrogens with zero attached hydrogens (tertiary/aromatic N) is 2. The summed E-state index contributed by atoms with van der Waals surface area (Å²) >= 11 is 0. The summed E-state index contributed by atoms with van der Waals surface area (Å²) in [6.07, 6.45) is 2.47. The van der Waals surface area contributed by atoms with Gasteiger partial charge in [-0.05, 0) is 36.8 Å². The van der Waals surface area contributed by atoms with Gasteiger partial charge in [-0.25, -0.2) is 0 Å². The van der Waals surface area contributed by atoms with Crippen molar-refractivity contribution < 1.29 is 4.74 Å². The Morgan fingerprint density at radius 1 is 1.25 bits per heavy atom. The highest BCUT2D eigenvalue weighted by Gasteiger charge is 2.01. The van der Waals surface area contributed by atoms with Crippen molar-refractivity contribution in [2.24, 2.45) is 5.73 Å². The summed E-state index contributed by atoms with van der Waals surface area (Å²) in [6.45, 7) is 2.41. The molecule has 0 amide bonds. The van der Waals surface area contributed by atoms with Crippen molar-refractivity contribution in [2.45, 2.75) is 26.0 Å². The molecule has 1 heterocycles. The van der Waals surface area contributed by atoms with Gasteiger partial charge in [0.2, 0.25) is 0 Å². The third-order valence-corrected chi connectivity index (χ3v) is 2.82. The minimum Gasteiger partial charge on any atom is -0.487 e. The summed E-state index contributed by atoms with van der Waals surface area (Å²) in [7, 11) is 0. The maximum atomic E-state index is 8.73. The maximum absolute atomic E-state index is 8.73. The van der Waals surface area contributed by atoms with Gasteiger partial charge in [0.25, 0.3) is 0 Å². The molecule has 2 N–H and O–H groups in total. The van der Waals surface area contributed by atoms with Crippen molar-refractivity contribution in [3.05, 3.63) is 59.4 Å². The Morgan fingerprint density at radius 3 is 2.55 bits per heavy atom. The Kier molecular flexibility index (Phi) is 4.70. The number of hydrogen-bond acceptors (Lipinski definition) is 4. The predicted octanol–water partition coefficient (Wildman–Crippen LogP) is 2.42. The number of benzene rings is 1. The summed E-state index contributed by atoms with van der Waals surface area (Å²) < 4.78 is 5.65. The number of hydrogen-bond donors (Lipinski definition) is 1. The smallest absolute Gasteiger partial charge is 0.138 e. The third kappa shape index (κ3) is 4.08. The van der Waals surface area contributed by atoms with Crippen LogP contribution in [0.2, 0.25) is 0 Å². The average molecular weight is 267 g/mol. The zero-order valence-electron chi connectivity index (χ0n) is 11.4. The molecule has 0 fully saturated rings. The molecule has 0 aliphatic rings. The highest BCUT2D eigenvalue weighted by Crippen LogP contribution is 2.13. The molecule has 0 saturated heterocycles. The van der Waals surface area contributed by atoms with Crippen LogP contribution in [0.5, 0.6) is 5.75 Å². The van der Waals surface area contributed by atoms with Gasteiger partial charge in [0.15, 0.2) is 0 Å². The number of nitrogens with two attached hydrogens (primary N) is 1. The summed E-state index contributed by atoms with van der Waals surface area (Å²) in [6, 6.07) is 13.4. The van der Waals surface area contributed by atoms with Crippen LogP contribution in [0.15, 0.2) is 42.6 Å². The van der Waals surface area contributed by atoms with Gasteiger partial charge >= 0.3 is 0 Å². The number of aromatic nitrogens is 1. The van der Waals surface area contributed by atoms with E-state index in [0.717, 1.165) is 23.4 Å². The summed E-state index contributed by atoms with van der Waals surface area (Å²) in [4.78, 5) is 4.31. The van der Waals surface area contributed by atoms with Crippen molar-refractivity contribution in [3.63, 3.8) is 0 Å². The summed E-state index contributed by atoms with van der Waals surface area (Å²) in [5.41, 5.74) is 8.36. The zero-order valence-corrected chi connectivity index (χ0v) is 11.4. The van der Waals surface area contributed by atoms with Crippen LogP contribution in [-0.2, 0) is 13.0 Å². The topological polar surface area (TPSA) is 71.9 Å². The van der Waals surface area contributed by atoms with E-state index in [1.807, 2.05) is 31.2 Å². The van der Waals surface area contributed by atoms with Gasteiger partial charge in [-0.3, -0.25) is 4.98 Å². The number of pyridine rings is 1. The van der Waals surface area contributed by atoms with Crippen molar-refractivity contribution in [3.8, 4) is 11.8 Å². The Labute approximate surface area is 118 Å². The quantitative estimate of drug-likeness (QED) is 0.903. The molecule has 2 aromatic rings. The molecule has 0 radical (unpaired) electrons.